The Hall–Kier alpha value is -0.0400. The second kappa shape index (κ2) is 5.53. The van der Waals surface area contributed by atoms with E-state index in [1.165, 1.54) is 44.9 Å². The number of hydrogen-bond acceptors (Lipinski definition) is 1. The summed E-state index contributed by atoms with van der Waals surface area (Å²) in [5, 5.41) is 3.58. The normalized spacial score (nSPS) is 45.6. The van der Waals surface area contributed by atoms with Gasteiger partial charge in [-0.25, -0.2) is 0 Å². The first-order valence-electron chi connectivity index (χ1n) is 7.39. The maximum atomic E-state index is 3.58. The lowest BCUT2D eigenvalue weighted by atomic mass is 9.66. The Morgan fingerprint density at radius 3 is 2.31 bits per heavy atom. The van der Waals surface area contributed by atoms with Crippen molar-refractivity contribution in [2.45, 2.75) is 64.8 Å². The molecule has 1 N–H and O–H groups in total. The molecule has 0 spiro atoms. The Labute approximate surface area is 101 Å². The van der Waals surface area contributed by atoms with Crippen LogP contribution in [0.4, 0.5) is 0 Å². The van der Waals surface area contributed by atoms with E-state index in [4.69, 9.17) is 0 Å². The van der Waals surface area contributed by atoms with E-state index in [2.05, 4.69) is 26.2 Å². The molecule has 1 nitrogen and oxygen atoms in total. The fourth-order valence-electron chi connectivity index (χ4n) is 4.06. The molecule has 16 heavy (non-hydrogen) atoms. The molecule has 0 radical (unpaired) electrons. The maximum Gasteiger partial charge on any atom is 0.00949 e. The highest BCUT2D eigenvalue weighted by Gasteiger charge is 2.34. The molecule has 2 saturated carbocycles. The molecular weight excluding hydrogens is 194 g/mol. The average Bonchev–Trinajstić information content (AvgIpc) is 2.32. The minimum Gasteiger partial charge on any atom is -0.317 e. The van der Waals surface area contributed by atoms with E-state index in [-0.39, 0.29) is 0 Å². The molecule has 2 rings (SSSR count). The smallest absolute Gasteiger partial charge is 0.00949 e. The van der Waals surface area contributed by atoms with E-state index >= 15 is 0 Å². The highest BCUT2D eigenvalue weighted by atomic mass is 14.9. The topological polar surface area (TPSA) is 12.0 Å². The summed E-state index contributed by atoms with van der Waals surface area (Å²) < 4.78 is 0. The van der Waals surface area contributed by atoms with Gasteiger partial charge >= 0.3 is 0 Å². The third-order valence-electron chi connectivity index (χ3n) is 5.43. The zero-order valence-corrected chi connectivity index (χ0v) is 11.3. The number of rotatable bonds is 2. The molecule has 2 aliphatic carbocycles. The second-order valence-corrected chi connectivity index (χ2v) is 6.37. The van der Waals surface area contributed by atoms with E-state index in [9.17, 15) is 0 Å². The van der Waals surface area contributed by atoms with E-state index in [0.29, 0.717) is 0 Å². The van der Waals surface area contributed by atoms with Crippen LogP contribution in [0.5, 0.6) is 0 Å². The van der Waals surface area contributed by atoms with Gasteiger partial charge < -0.3 is 5.32 Å². The molecule has 0 aromatic carbocycles. The van der Waals surface area contributed by atoms with Crippen LogP contribution in [0.2, 0.25) is 0 Å². The van der Waals surface area contributed by atoms with Crippen molar-refractivity contribution in [1.29, 1.82) is 0 Å². The first-order chi connectivity index (χ1) is 7.72. The van der Waals surface area contributed by atoms with Crippen molar-refractivity contribution in [3.8, 4) is 0 Å². The molecule has 0 amide bonds. The Morgan fingerprint density at radius 2 is 1.62 bits per heavy atom. The van der Waals surface area contributed by atoms with Crippen molar-refractivity contribution >= 4 is 0 Å². The Balaban J connectivity index is 1.95. The minimum absolute atomic E-state index is 0.819. The van der Waals surface area contributed by atoms with E-state index in [0.717, 1.165) is 29.7 Å². The van der Waals surface area contributed by atoms with Gasteiger partial charge in [0.25, 0.3) is 0 Å². The van der Waals surface area contributed by atoms with Gasteiger partial charge in [0.1, 0.15) is 0 Å². The zero-order chi connectivity index (χ0) is 11.5. The molecule has 1 heteroatoms. The van der Waals surface area contributed by atoms with Crippen molar-refractivity contribution in [2.75, 3.05) is 7.05 Å². The van der Waals surface area contributed by atoms with Gasteiger partial charge in [0.05, 0.1) is 0 Å². The van der Waals surface area contributed by atoms with Crippen LogP contribution in [-0.4, -0.2) is 13.1 Å². The van der Waals surface area contributed by atoms with Gasteiger partial charge in [-0.15, -0.1) is 0 Å². The number of hydrogen-bond donors (Lipinski definition) is 1. The average molecular weight is 223 g/mol. The Bertz CT molecular complexity index is 213. The molecular formula is C15H29N. The predicted octanol–water partition coefficient (Wildman–Crippen LogP) is 3.84. The fraction of sp³-hybridized carbons (Fsp3) is 1.00. The third kappa shape index (κ3) is 2.61. The summed E-state index contributed by atoms with van der Waals surface area (Å²) in [5.74, 6) is 3.92. The van der Waals surface area contributed by atoms with Gasteiger partial charge in [0, 0.05) is 6.04 Å². The van der Waals surface area contributed by atoms with Gasteiger partial charge in [-0.3, -0.25) is 0 Å². The predicted molar refractivity (Wildman–Crippen MR) is 70.5 cm³/mol. The number of nitrogens with one attached hydrogen (secondary N) is 1. The van der Waals surface area contributed by atoms with Crippen molar-refractivity contribution in [2.24, 2.45) is 23.7 Å². The van der Waals surface area contributed by atoms with Gasteiger partial charge in [0.2, 0.25) is 0 Å². The van der Waals surface area contributed by atoms with Crippen LogP contribution in [0.3, 0.4) is 0 Å². The molecule has 2 aliphatic rings. The van der Waals surface area contributed by atoms with E-state index in [1.807, 2.05) is 0 Å². The lowest BCUT2D eigenvalue weighted by Gasteiger charge is -2.42. The summed E-state index contributed by atoms with van der Waals surface area (Å²) in [6, 6.07) is 0.819. The molecule has 0 aliphatic heterocycles. The molecule has 0 saturated heterocycles. The molecule has 2 fully saturated rings. The Morgan fingerprint density at radius 1 is 0.875 bits per heavy atom. The molecule has 5 unspecified atom stereocenters. The SMILES string of the molecule is CNC1CCCCC1C1CCC(C)C(C)C1. The van der Waals surface area contributed by atoms with Gasteiger partial charge in [-0.05, 0) is 56.4 Å². The first-order valence-corrected chi connectivity index (χ1v) is 7.39. The summed E-state index contributed by atoms with van der Waals surface area (Å²) >= 11 is 0. The van der Waals surface area contributed by atoms with Gasteiger partial charge in [0.15, 0.2) is 0 Å². The van der Waals surface area contributed by atoms with Crippen LogP contribution in [0, 0.1) is 23.7 Å². The van der Waals surface area contributed by atoms with Crippen LogP contribution in [0.1, 0.15) is 58.8 Å². The first kappa shape index (κ1) is 12.4. The van der Waals surface area contributed by atoms with Crippen molar-refractivity contribution in [3.05, 3.63) is 0 Å². The molecule has 0 aromatic rings. The van der Waals surface area contributed by atoms with Crippen LogP contribution < -0.4 is 5.32 Å². The summed E-state index contributed by atoms with van der Waals surface area (Å²) in [4.78, 5) is 0. The van der Waals surface area contributed by atoms with Crippen LogP contribution in [0.15, 0.2) is 0 Å². The summed E-state index contributed by atoms with van der Waals surface area (Å²) in [5.41, 5.74) is 0. The largest absolute Gasteiger partial charge is 0.317 e. The van der Waals surface area contributed by atoms with Crippen molar-refractivity contribution in [3.63, 3.8) is 0 Å². The Kier molecular flexibility index (Phi) is 4.29. The molecule has 5 atom stereocenters. The monoisotopic (exact) mass is 223 g/mol. The second-order valence-electron chi connectivity index (χ2n) is 6.37. The maximum absolute atomic E-state index is 3.58. The highest BCUT2D eigenvalue weighted by molar-refractivity contribution is 4.88. The summed E-state index contributed by atoms with van der Waals surface area (Å²) in [6.07, 6.45) is 10.3. The third-order valence-corrected chi connectivity index (χ3v) is 5.43. The quantitative estimate of drug-likeness (QED) is 0.750. The van der Waals surface area contributed by atoms with Gasteiger partial charge in [-0.2, -0.15) is 0 Å². The van der Waals surface area contributed by atoms with E-state index < -0.39 is 0 Å². The van der Waals surface area contributed by atoms with Gasteiger partial charge in [-0.1, -0.05) is 33.1 Å². The highest BCUT2D eigenvalue weighted by Crippen LogP contribution is 2.42. The summed E-state index contributed by atoms with van der Waals surface area (Å²) in [6.45, 7) is 4.91. The lowest BCUT2D eigenvalue weighted by molar-refractivity contribution is 0.108. The fourth-order valence-corrected chi connectivity index (χ4v) is 4.06. The standard InChI is InChI=1S/C15H29N/c1-11-8-9-13(10-12(11)2)14-6-4-5-7-15(14)16-3/h11-16H,4-10H2,1-3H3. The molecule has 0 heterocycles. The van der Waals surface area contributed by atoms with Crippen LogP contribution in [0.25, 0.3) is 0 Å². The van der Waals surface area contributed by atoms with Crippen molar-refractivity contribution in [1.82, 2.24) is 5.32 Å². The molecule has 0 bridgehead atoms. The van der Waals surface area contributed by atoms with E-state index in [1.54, 1.807) is 0 Å². The minimum atomic E-state index is 0.819. The molecule has 94 valence electrons. The lowest BCUT2D eigenvalue weighted by Crippen LogP contribution is -2.42. The molecule has 0 aromatic heterocycles. The van der Waals surface area contributed by atoms with Crippen molar-refractivity contribution < 1.29 is 0 Å². The summed E-state index contributed by atoms with van der Waals surface area (Å²) in [7, 11) is 2.16. The van der Waals surface area contributed by atoms with Crippen LogP contribution >= 0.6 is 0 Å². The van der Waals surface area contributed by atoms with Crippen LogP contribution in [-0.2, 0) is 0 Å². The zero-order valence-electron chi connectivity index (χ0n) is 11.3.